The van der Waals surface area contributed by atoms with Crippen LogP contribution < -0.4 is 10.6 Å². The number of rotatable bonds is 10. The summed E-state index contributed by atoms with van der Waals surface area (Å²) in [6.07, 6.45) is 3.18. The predicted octanol–water partition coefficient (Wildman–Crippen LogP) is 4.49. The highest BCUT2D eigenvalue weighted by Gasteiger charge is 2.47. The Hall–Kier alpha value is -2.57. The first-order valence-electron chi connectivity index (χ1n) is 12.1. The van der Waals surface area contributed by atoms with Crippen molar-refractivity contribution in [1.82, 2.24) is 15.5 Å². The zero-order chi connectivity index (χ0) is 24.8. The van der Waals surface area contributed by atoms with E-state index in [4.69, 9.17) is 4.74 Å². The maximum atomic E-state index is 13.6. The van der Waals surface area contributed by atoms with Gasteiger partial charge in [-0.05, 0) is 58.9 Å². The first-order valence-corrected chi connectivity index (χ1v) is 12.1. The molecular weight excluding hydrogens is 418 g/mol. The molecular formula is C26H41N3O4. The lowest BCUT2D eigenvalue weighted by Crippen LogP contribution is -2.53. The van der Waals surface area contributed by atoms with Crippen LogP contribution in [0.5, 0.6) is 0 Å². The Balaban J connectivity index is 2.31. The van der Waals surface area contributed by atoms with Crippen LogP contribution >= 0.6 is 0 Å². The van der Waals surface area contributed by atoms with Crippen molar-refractivity contribution < 1.29 is 19.1 Å². The van der Waals surface area contributed by atoms with Crippen molar-refractivity contribution in [3.05, 3.63) is 35.4 Å². The van der Waals surface area contributed by atoms with Crippen LogP contribution in [0.25, 0.3) is 0 Å². The topological polar surface area (TPSA) is 87.7 Å². The second-order valence-corrected chi connectivity index (χ2v) is 10.2. The predicted molar refractivity (Wildman–Crippen MR) is 130 cm³/mol. The zero-order valence-electron chi connectivity index (χ0n) is 21.2. The largest absolute Gasteiger partial charge is 0.444 e. The lowest BCUT2D eigenvalue weighted by molar-refractivity contribution is -0.143. The average molecular weight is 460 g/mol. The highest BCUT2D eigenvalue weighted by atomic mass is 16.6. The number of alkyl carbamates (subject to hydrolysis) is 1. The monoisotopic (exact) mass is 459 g/mol. The van der Waals surface area contributed by atoms with E-state index in [0.717, 1.165) is 36.8 Å². The van der Waals surface area contributed by atoms with E-state index < -0.39 is 23.8 Å². The SMILES string of the molecule is CCCCCNC(=O)C(c1cccc(C)c1)N(C(=O)C(C)NC(=O)OC(C)(C)C)C1CC1C. The molecule has 7 nitrogen and oxygen atoms in total. The van der Waals surface area contributed by atoms with Crippen molar-refractivity contribution >= 4 is 17.9 Å². The first kappa shape index (κ1) is 26.7. The van der Waals surface area contributed by atoms with Crippen LogP contribution in [0.4, 0.5) is 4.79 Å². The van der Waals surface area contributed by atoms with Crippen LogP contribution in [0, 0.1) is 12.8 Å². The molecule has 0 aromatic heterocycles. The molecule has 4 unspecified atom stereocenters. The fourth-order valence-corrected chi connectivity index (χ4v) is 3.90. The molecule has 1 fully saturated rings. The Kier molecular flexibility index (Phi) is 9.32. The molecule has 0 bridgehead atoms. The summed E-state index contributed by atoms with van der Waals surface area (Å²) in [6, 6.07) is 6.09. The molecule has 0 saturated heterocycles. The molecule has 0 heterocycles. The van der Waals surface area contributed by atoms with Gasteiger partial charge in [-0.3, -0.25) is 9.59 Å². The van der Waals surface area contributed by atoms with Crippen LogP contribution in [0.2, 0.25) is 0 Å². The molecule has 0 aliphatic heterocycles. The minimum atomic E-state index is -0.826. The third kappa shape index (κ3) is 8.06. The summed E-state index contributed by atoms with van der Waals surface area (Å²) in [5, 5.41) is 5.68. The third-order valence-electron chi connectivity index (χ3n) is 5.75. The molecule has 2 rings (SSSR count). The fraction of sp³-hybridized carbons (Fsp3) is 0.654. The van der Waals surface area contributed by atoms with Gasteiger partial charge in [0.05, 0.1) is 0 Å². The molecule has 0 spiro atoms. The Labute approximate surface area is 198 Å². The minimum Gasteiger partial charge on any atom is -0.444 e. The van der Waals surface area contributed by atoms with Gasteiger partial charge in [-0.25, -0.2) is 4.79 Å². The van der Waals surface area contributed by atoms with Gasteiger partial charge < -0.3 is 20.3 Å². The number of hydrogen-bond acceptors (Lipinski definition) is 4. The number of nitrogens with zero attached hydrogens (tertiary/aromatic N) is 1. The van der Waals surface area contributed by atoms with E-state index in [2.05, 4.69) is 24.5 Å². The van der Waals surface area contributed by atoms with Crippen molar-refractivity contribution in [1.29, 1.82) is 0 Å². The van der Waals surface area contributed by atoms with Crippen LogP contribution in [0.3, 0.4) is 0 Å². The maximum Gasteiger partial charge on any atom is 0.408 e. The minimum absolute atomic E-state index is 0.0488. The fourth-order valence-electron chi connectivity index (χ4n) is 3.90. The third-order valence-corrected chi connectivity index (χ3v) is 5.75. The van der Waals surface area contributed by atoms with Crippen LogP contribution in [-0.2, 0) is 14.3 Å². The maximum absolute atomic E-state index is 13.6. The molecule has 1 aromatic rings. The van der Waals surface area contributed by atoms with Crippen molar-refractivity contribution in [2.45, 2.75) is 97.9 Å². The number of amides is 3. The van der Waals surface area contributed by atoms with Gasteiger partial charge in [-0.1, -0.05) is 56.5 Å². The van der Waals surface area contributed by atoms with E-state index in [1.54, 1.807) is 32.6 Å². The molecule has 3 amide bonds. The summed E-state index contributed by atoms with van der Waals surface area (Å²) in [7, 11) is 0. The van der Waals surface area contributed by atoms with Gasteiger partial charge >= 0.3 is 6.09 Å². The van der Waals surface area contributed by atoms with Crippen molar-refractivity contribution in [3.8, 4) is 0 Å². The second kappa shape index (κ2) is 11.5. The number of aryl methyl sites for hydroxylation is 1. The van der Waals surface area contributed by atoms with Gasteiger partial charge in [0, 0.05) is 12.6 Å². The molecule has 4 atom stereocenters. The Morgan fingerprint density at radius 1 is 1.21 bits per heavy atom. The molecule has 33 heavy (non-hydrogen) atoms. The molecule has 1 aromatic carbocycles. The van der Waals surface area contributed by atoms with Gasteiger partial charge in [-0.2, -0.15) is 0 Å². The average Bonchev–Trinajstić information content (AvgIpc) is 3.42. The standard InChI is InChI=1S/C26H41N3O4/c1-8-9-10-14-27-23(30)22(20-13-11-12-17(2)15-20)29(21-16-18(21)3)24(31)19(4)28-25(32)33-26(5,6)7/h11-13,15,18-19,21-22H,8-10,14,16H2,1-7H3,(H,27,30)(H,28,32). The summed E-state index contributed by atoms with van der Waals surface area (Å²) in [5.74, 6) is -0.179. The van der Waals surface area contributed by atoms with Crippen LogP contribution in [-0.4, -0.2) is 47.0 Å². The van der Waals surface area contributed by atoms with E-state index in [1.807, 2.05) is 31.2 Å². The molecule has 1 aliphatic carbocycles. The number of unbranched alkanes of at least 4 members (excludes halogenated alkanes) is 2. The van der Waals surface area contributed by atoms with Crippen molar-refractivity contribution in [2.75, 3.05) is 6.54 Å². The van der Waals surface area contributed by atoms with E-state index in [9.17, 15) is 14.4 Å². The van der Waals surface area contributed by atoms with E-state index in [-0.39, 0.29) is 17.9 Å². The number of carbonyl (C=O) groups excluding carboxylic acids is 3. The smallest absolute Gasteiger partial charge is 0.408 e. The van der Waals surface area contributed by atoms with Gasteiger partial charge in [0.25, 0.3) is 0 Å². The van der Waals surface area contributed by atoms with Gasteiger partial charge in [0.1, 0.15) is 17.7 Å². The Morgan fingerprint density at radius 2 is 1.88 bits per heavy atom. The van der Waals surface area contributed by atoms with E-state index >= 15 is 0 Å². The van der Waals surface area contributed by atoms with Gasteiger partial charge in [-0.15, -0.1) is 0 Å². The normalized spacial score (nSPS) is 19.2. The summed E-state index contributed by atoms with van der Waals surface area (Å²) in [4.78, 5) is 41.0. The number of benzene rings is 1. The van der Waals surface area contributed by atoms with Crippen molar-refractivity contribution in [3.63, 3.8) is 0 Å². The Morgan fingerprint density at radius 3 is 2.42 bits per heavy atom. The number of ether oxygens (including phenoxy) is 1. The quantitative estimate of drug-likeness (QED) is 0.505. The molecule has 1 saturated carbocycles. The Bertz CT molecular complexity index is 833. The molecule has 7 heteroatoms. The number of nitrogens with one attached hydrogen (secondary N) is 2. The molecule has 184 valence electrons. The first-order chi connectivity index (χ1) is 15.4. The summed E-state index contributed by atoms with van der Waals surface area (Å²) in [5.41, 5.74) is 1.13. The lowest BCUT2D eigenvalue weighted by atomic mass is 10.0. The van der Waals surface area contributed by atoms with Crippen molar-refractivity contribution in [2.24, 2.45) is 5.92 Å². The second-order valence-electron chi connectivity index (χ2n) is 10.2. The summed E-state index contributed by atoms with van der Waals surface area (Å²) in [6.45, 7) is 13.7. The van der Waals surface area contributed by atoms with Crippen LogP contribution in [0.1, 0.15) is 84.4 Å². The summed E-state index contributed by atoms with van der Waals surface area (Å²) < 4.78 is 5.32. The molecule has 0 radical (unpaired) electrons. The zero-order valence-corrected chi connectivity index (χ0v) is 21.2. The van der Waals surface area contributed by atoms with Crippen LogP contribution in [0.15, 0.2) is 24.3 Å². The highest BCUT2D eigenvalue weighted by Crippen LogP contribution is 2.40. The van der Waals surface area contributed by atoms with E-state index in [1.165, 1.54) is 0 Å². The number of hydrogen-bond donors (Lipinski definition) is 2. The van der Waals surface area contributed by atoms with E-state index in [0.29, 0.717) is 12.5 Å². The molecule has 2 N–H and O–H groups in total. The highest BCUT2D eigenvalue weighted by molar-refractivity contribution is 5.92. The summed E-state index contributed by atoms with van der Waals surface area (Å²) >= 11 is 0. The lowest BCUT2D eigenvalue weighted by Gasteiger charge is -2.34. The molecule has 1 aliphatic rings. The van der Waals surface area contributed by atoms with Gasteiger partial charge in [0.15, 0.2) is 0 Å². The van der Waals surface area contributed by atoms with Gasteiger partial charge in [0.2, 0.25) is 11.8 Å². The number of carbonyl (C=O) groups is 3.